The first kappa shape index (κ1) is 22.5. The number of amides is 1. The highest BCUT2D eigenvalue weighted by atomic mass is 16.5. The summed E-state index contributed by atoms with van der Waals surface area (Å²) in [6.45, 7) is 5.45. The van der Waals surface area contributed by atoms with E-state index in [2.05, 4.69) is 41.0 Å². The van der Waals surface area contributed by atoms with E-state index in [0.717, 1.165) is 81.3 Å². The van der Waals surface area contributed by atoms with Gasteiger partial charge in [-0.15, -0.1) is 0 Å². The number of rotatable bonds is 3. The predicted molar refractivity (Wildman–Crippen MR) is 139 cm³/mol. The van der Waals surface area contributed by atoms with E-state index in [1.165, 1.54) is 50.5 Å². The number of nitrogens with zero attached hydrogens (tertiary/aromatic N) is 3. The molecule has 1 aromatic rings. The van der Waals surface area contributed by atoms with Crippen molar-refractivity contribution in [3.8, 4) is 0 Å². The van der Waals surface area contributed by atoms with Gasteiger partial charge in [0.15, 0.2) is 0 Å². The summed E-state index contributed by atoms with van der Waals surface area (Å²) < 4.78 is 5.78. The monoisotopic (exact) mass is 475 g/mol. The number of aliphatic imine (C=N–C) groups is 1. The SMILES string of the molecule is Cc1ccc(N2C(=O)C3(CCCCC3)[C@@H](N3CCOCC3)C2=NC23CC4CC(CC(C4)C2)C3)cc1. The minimum absolute atomic E-state index is 0.0536. The molecule has 188 valence electrons. The Labute approximate surface area is 210 Å². The lowest BCUT2D eigenvalue weighted by molar-refractivity contribution is -0.130. The number of morpholine rings is 1. The third kappa shape index (κ3) is 3.63. The van der Waals surface area contributed by atoms with Gasteiger partial charge in [-0.25, -0.2) is 0 Å². The normalized spacial score (nSPS) is 39.7. The van der Waals surface area contributed by atoms with Gasteiger partial charge >= 0.3 is 0 Å². The Balaban J connectivity index is 1.38. The number of ether oxygens (including phenoxy) is 1. The summed E-state index contributed by atoms with van der Waals surface area (Å²) in [6, 6.07) is 8.70. The fraction of sp³-hybridized carbons (Fsp3) is 0.733. The smallest absolute Gasteiger partial charge is 0.240 e. The van der Waals surface area contributed by atoms with Gasteiger partial charge in [0.05, 0.1) is 35.9 Å². The van der Waals surface area contributed by atoms with Crippen molar-refractivity contribution in [3.63, 3.8) is 0 Å². The first-order valence-electron chi connectivity index (χ1n) is 14.4. The molecule has 8 rings (SSSR count). The molecule has 7 fully saturated rings. The molecule has 0 radical (unpaired) electrons. The van der Waals surface area contributed by atoms with E-state index < -0.39 is 0 Å². The van der Waals surface area contributed by atoms with Crippen LogP contribution < -0.4 is 4.90 Å². The van der Waals surface area contributed by atoms with Gasteiger partial charge in [0, 0.05) is 13.1 Å². The lowest BCUT2D eigenvalue weighted by Gasteiger charge is -2.55. The van der Waals surface area contributed by atoms with Gasteiger partial charge in [-0.05, 0) is 88.2 Å². The number of benzene rings is 1. The van der Waals surface area contributed by atoms with Gasteiger partial charge in [-0.3, -0.25) is 19.6 Å². The van der Waals surface area contributed by atoms with E-state index in [4.69, 9.17) is 9.73 Å². The summed E-state index contributed by atoms with van der Waals surface area (Å²) in [5, 5.41) is 0. The maximum absolute atomic E-state index is 14.6. The van der Waals surface area contributed by atoms with Crippen LogP contribution in [0, 0.1) is 30.1 Å². The van der Waals surface area contributed by atoms with E-state index in [0.29, 0.717) is 5.91 Å². The lowest BCUT2D eigenvalue weighted by Crippen LogP contribution is -2.56. The molecule has 0 aromatic heterocycles. The predicted octanol–water partition coefficient (Wildman–Crippen LogP) is 5.36. The molecule has 7 aliphatic rings. The molecular weight excluding hydrogens is 434 g/mol. The number of aryl methyl sites for hydroxylation is 1. The van der Waals surface area contributed by atoms with Crippen molar-refractivity contribution < 1.29 is 9.53 Å². The third-order valence-electron chi connectivity index (χ3n) is 10.4. The number of carbonyl (C=O) groups is 1. The van der Waals surface area contributed by atoms with Crippen LogP contribution in [0.5, 0.6) is 0 Å². The molecule has 0 unspecified atom stereocenters. The molecule has 5 saturated carbocycles. The third-order valence-corrected chi connectivity index (χ3v) is 10.4. The molecule has 2 saturated heterocycles. The van der Waals surface area contributed by atoms with Crippen molar-refractivity contribution in [3.05, 3.63) is 29.8 Å². The van der Waals surface area contributed by atoms with Crippen molar-refractivity contribution in [1.82, 2.24) is 4.90 Å². The molecule has 1 aromatic carbocycles. The first-order valence-corrected chi connectivity index (χ1v) is 14.4. The summed E-state index contributed by atoms with van der Waals surface area (Å²) in [4.78, 5) is 25.1. The number of carbonyl (C=O) groups excluding carboxylic acids is 1. The molecule has 5 nitrogen and oxygen atoms in total. The minimum atomic E-state index is -0.332. The second-order valence-electron chi connectivity index (χ2n) is 12.9. The average molecular weight is 476 g/mol. The zero-order valence-electron chi connectivity index (χ0n) is 21.4. The van der Waals surface area contributed by atoms with Gasteiger partial charge in [0.1, 0.15) is 5.84 Å². The first-order chi connectivity index (χ1) is 17.1. The summed E-state index contributed by atoms with van der Waals surface area (Å²) >= 11 is 0. The topological polar surface area (TPSA) is 45.1 Å². The summed E-state index contributed by atoms with van der Waals surface area (Å²) in [6.07, 6.45) is 13.5. The number of anilines is 1. The van der Waals surface area contributed by atoms with E-state index in [1.54, 1.807) is 0 Å². The molecule has 1 atom stereocenters. The molecule has 5 aliphatic carbocycles. The largest absolute Gasteiger partial charge is 0.379 e. The summed E-state index contributed by atoms with van der Waals surface area (Å²) in [5.74, 6) is 3.95. The van der Waals surface area contributed by atoms with Crippen molar-refractivity contribution in [2.75, 3.05) is 31.2 Å². The van der Waals surface area contributed by atoms with Crippen molar-refractivity contribution >= 4 is 17.4 Å². The van der Waals surface area contributed by atoms with Crippen LogP contribution in [0.4, 0.5) is 5.69 Å². The Morgan fingerprint density at radius 2 is 1.49 bits per heavy atom. The zero-order valence-corrected chi connectivity index (χ0v) is 21.4. The number of hydrogen-bond acceptors (Lipinski definition) is 4. The van der Waals surface area contributed by atoms with Crippen LogP contribution in [0.1, 0.15) is 76.2 Å². The highest BCUT2D eigenvalue weighted by Crippen LogP contribution is 2.58. The Kier molecular flexibility index (Phi) is 5.40. The molecule has 0 N–H and O–H groups in total. The van der Waals surface area contributed by atoms with Crippen LogP contribution in [-0.2, 0) is 9.53 Å². The van der Waals surface area contributed by atoms with E-state index in [-0.39, 0.29) is 17.0 Å². The molecular formula is C30H41N3O2. The quantitative estimate of drug-likeness (QED) is 0.591. The van der Waals surface area contributed by atoms with Crippen LogP contribution in [-0.4, -0.2) is 54.5 Å². The Hall–Kier alpha value is -1.72. The Bertz CT molecular complexity index is 968. The van der Waals surface area contributed by atoms with Gasteiger partial charge in [-0.2, -0.15) is 0 Å². The van der Waals surface area contributed by atoms with Gasteiger partial charge in [0.25, 0.3) is 0 Å². The van der Waals surface area contributed by atoms with Gasteiger partial charge < -0.3 is 4.74 Å². The van der Waals surface area contributed by atoms with Crippen molar-refractivity contribution in [2.24, 2.45) is 28.2 Å². The molecule has 1 spiro atoms. The molecule has 2 heterocycles. The highest BCUT2D eigenvalue weighted by Gasteiger charge is 2.61. The van der Waals surface area contributed by atoms with Gasteiger partial charge in [0.2, 0.25) is 5.91 Å². The van der Waals surface area contributed by atoms with Crippen LogP contribution in [0.3, 0.4) is 0 Å². The second kappa shape index (κ2) is 8.41. The second-order valence-corrected chi connectivity index (χ2v) is 12.9. The van der Waals surface area contributed by atoms with E-state index in [9.17, 15) is 4.79 Å². The zero-order chi connectivity index (χ0) is 23.6. The molecule has 2 aliphatic heterocycles. The standard InChI is InChI=1S/C30H41N3O2/c1-21-5-7-25(8-6-21)33-27(31-29-18-22-15-23(19-29)17-24(16-22)20-29)26(32-11-13-35-14-12-32)30(28(33)34)9-3-2-4-10-30/h5-8,22-24,26H,2-4,9-20H2,1H3/t22?,23?,24?,26-,29?/m0/s1. The maximum atomic E-state index is 14.6. The average Bonchev–Trinajstić information content (AvgIpc) is 3.06. The van der Waals surface area contributed by atoms with Gasteiger partial charge in [-0.1, -0.05) is 37.0 Å². The van der Waals surface area contributed by atoms with Crippen LogP contribution in [0.25, 0.3) is 0 Å². The molecule has 35 heavy (non-hydrogen) atoms. The van der Waals surface area contributed by atoms with E-state index >= 15 is 0 Å². The number of amidine groups is 1. The van der Waals surface area contributed by atoms with E-state index in [1.807, 2.05) is 0 Å². The maximum Gasteiger partial charge on any atom is 0.240 e. The highest BCUT2D eigenvalue weighted by molar-refractivity contribution is 6.27. The van der Waals surface area contributed by atoms with Crippen LogP contribution in [0.15, 0.2) is 29.3 Å². The Morgan fingerprint density at radius 1 is 0.886 bits per heavy atom. The summed E-state index contributed by atoms with van der Waals surface area (Å²) in [7, 11) is 0. The fourth-order valence-electron chi connectivity index (χ4n) is 9.33. The molecule has 5 heteroatoms. The lowest BCUT2D eigenvalue weighted by atomic mass is 9.53. The fourth-order valence-corrected chi connectivity index (χ4v) is 9.33. The number of hydrogen-bond donors (Lipinski definition) is 0. The summed E-state index contributed by atoms with van der Waals surface area (Å²) in [5.41, 5.74) is 1.97. The van der Waals surface area contributed by atoms with Crippen molar-refractivity contribution in [2.45, 2.75) is 89.1 Å². The minimum Gasteiger partial charge on any atom is -0.379 e. The van der Waals surface area contributed by atoms with Crippen LogP contribution >= 0.6 is 0 Å². The van der Waals surface area contributed by atoms with Crippen LogP contribution in [0.2, 0.25) is 0 Å². The van der Waals surface area contributed by atoms with Crippen molar-refractivity contribution in [1.29, 1.82) is 0 Å². The Morgan fingerprint density at radius 3 is 2.09 bits per heavy atom. The molecule has 1 amide bonds. The molecule has 4 bridgehead atoms.